The number of ether oxygens (including phenoxy) is 1. The molecule has 1 aliphatic heterocycles. The van der Waals surface area contributed by atoms with Gasteiger partial charge in [-0.1, -0.05) is 29.8 Å². The summed E-state index contributed by atoms with van der Waals surface area (Å²) in [5, 5.41) is 6.30. The van der Waals surface area contributed by atoms with Crippen LogP contribution < -0.4 is 15.4 Å². The van der Waals surface area contributed by atoms with Crippen molar-refractivity contribution in [1.82, 2.24) is 10.2 Å². The Morgan fingerprint density at radius 1 is 1.37 bits per heavy atom. The van der Waals surface area contributed by atoms with E-state index in [1.165, 1.54) is 18.2 Å². The van der Waals surface area contributed by atoms with Gasteiger partial charge in [0.1, 0.15) is 11.6 Å². The molecule has 3 rings (SSSR count). The van der Waals surface area contributed by atoms with E-state index in [9.17, 15) is 9.18 Å². The van der Waals surface area contributed by atoms with Crippen LogP contribution >= 0.6 is 24.0 Å². The standard InChI is InChI=1S/C19H21ClFN3O2.ClH/c1-26-18-5-3-2-4-14(18)17-11-22-8-9-24(17)12-19(25)23-16-7-6-13(21)10-15(16)20;/h2-7,10,17,22H,8-9,11-12H2,1H3,(H,23,25);1H. The second-order valence-electron chi connectivity index (χ2n) is 6.10. The molecule has 0 radical (unpaired) electrons. The summed E-state index contributed by atoms with van der Waals surface area (Å²) in [7, 11) is 1.64. The van der Waals surface area contributed by atoms with Crippen LogP contribution in [0.25, 0.3) is 0 Å². The molecule has 1 heterocycles. The van der Waals surface area contributed by atoms with E-state index in [0.29, 0.717) is 5.69 Å². The fourth-order valence-corrected chi connectivity index (χ4v) is 3.36. The Kier molecular flexibility index (Phi) is 7.86. The fraction of sp³-hybridized carbons (Fsp3) is 0.316. The molecule has 5 nitrogen and oxygen atoms in total. The fourth-order valence-electron chi connectivity index (χ4n) is 3.15. The summed E-state index contributed by atoms with van der Waals surface area (Å²) in [6.07, 6.45) is 0. The van der Waals surface area contributed by atoms with Gasteiger partial charge in [-0.25, -0.2) is 4.39 Å². The highest BCUT2D eigenvalue weighted by molar-refractivity contribution is 6.33. The lowest BCUT2D eigenvalue weighted by atomic mass is 10.0. The molecule has 1 fully saturated rings. The molecule has 1 saturated heterocycles. The van der Waals surface area contributed by atoms with Crippen molar-refractivity contribution in [2.24, 2.45) is 0 Å². The second kappa shape index (κ2) is 9.90. The number of para-hydroxylation sites is 1. The number of nitrogens with zero attached hydrogens (tertiary/aromatic N) is 1. The van der Waals surface area contributed by atoms with Crippen molar-refractivity contribution in [2.45, 2.75) is 6.04 Å². The molecular formula is C19H22Cl2FN3O2. The number of halogens is 3. The molecular weight excluding hydrogens is 392 g/mol. The molecule has 0 saturated carbocycles. The zero-order valence-corrected chi connectivity index (χ0v) is 16.4. The normalized spacial score (nSPS) is 17.1. The van der Waals surface area contributed by atoms with E-state index < -0.39 is 5.82 Å². The molecule has 0 bridgehead atoms. The van der Waals surface area contributed by atoms with Crippen LogP contribution in [0.1, 0.15) is 11.6 Å². The molecule has 2 aromatic rings. The minimum absolute atomic E-state index is 0. The van der Waals surface area contributed by atoms with E-state index in [4.69, 9.17) is 16.3 Å². The van der Waals surface area contributed by atoms with E-state index in [1.807, 2.05) is 24.3 Å². The molecule has 27 heavy (non-hydrogen) atoms. The molecule has 8 heteroatoms. The van der Waals surface area contributed by atoms with Crippen LogP contribution in [0.4, 0.5) is 10.1 Å². The number of hydrogen-bond donors (Lipinski definition) is 2. The van der Waals surface area contributed by atoms with Crippen molar-refractivity contribution < 1.29 is 13.9 Å². The molecule has 1 atom stereocenters. The zero-order chi connectivity index (χ0) is 18.5. The molecule has 1 amide bonds. The van der Waals surface area contributed by atoms with Crippen molar-refractivity contribution >= 4 is 35.6 Å². The summed E-state index contributed by atoms with van der Waals surface area (Å²) < 4.78 is 18.6. The Labute approximate surface area is 169 Å². The van der Waals surface area contributed by atoms with Gasteiger partial charge in [-0.2, -0.15) is 0 Å². The van der Waals surface area contributed by atoms with Gasteiger partial charge in [0.05, 0.1) is 30.4 Å². The van der Waals surface area contributed by atoms with Crippen molar-refractivity contribution in [1.29, 1.82) is 0 Å². The topological polar surface area (TPSA) is 53.6 Å². The third-order valence-electron chi connectivity index (χ3n) is 4.40. The number of anilines is 1. The van der Waals surface area contributed by atoms with Crippen LogP contribution in [-0.4, -0.2) is 44.1 Å². The number of hydrogen-bond acceptors (Lipinski definition) is 4. The third-order valence-corrected chi connectivity index (χ3v) is 4.72. The lowest BCUT2D eigenvalue weighted by Gasteiger charge is -2.36. The van der Waals surface area contributed by atoms with Crippen molar-refractivity contribution in [2.75, 3.05) is 38.6 Å². The van der Waals surface area contributed by atoms with Crippen molar-refractivity contribution in [3.8, 4) is 5.75 Å². The lowest BCUT2D eigenvalue weighted by Crippen LogP contribution is -2.48. The van der Waals surface area contributed by atoms with Gasteiger partial charge in [0, 0.05) is 25.2 Å². The van der Waals surface area contributed by atoms with Gasteiger partial charge in [-0.3, -0.25) is 9.69 Å². The Morgan fingerprint density at radius 3 is 2.89 bits per heavy atom. The number of piperazine rings is 1. The molecule has 0 aliphatic carbocycles. The predicted molar refractivity (Wildman–Crippen MR) is 107 cm³/mol. The minimum Gasteiger partial charge on any atom is -0.496 e. The summed E-state index contributed by atoms with van der Waals surface area (Å²) in [6.45, 7) is 2.46. The average molecular weight is 414 g/mol. The summed E-state index contributed by atoms with van der Waals surface area (Å²) in [4.78, 5) is 14.6. The molecule has 146 valence electrons. The molecule has 2 aromatic carbocycles. The number of carbonyl (C=O) groups is 1. The number of methoxy groups -OCH3 is 1. The highest BCUT2D eigenvalue weighted by Crippen LogP contribution is 2.30. The SMILES string of the molecule is COc1ccccc1C1CNCCN1CC(=O)Nc1ccc(F)cc1Cl.Cl. The van der Waals surface area contributed by atoms with Gasteiger partial charge in [0.25, 0.3) is 0 Å². The number of nitrogens with one attached hydrogen (secondary N) is 2. The van der Waals surface area contributed by atoms with E-state index >= 15 is 0 Å². The maximum absolute atomic E-state index is 13.1. The van der Waals surface area contributed by atoms with Crippen LogP contribution in [0.15, 0.2) is 42.5 Å². The van der Waals surface area contributed by atoms with Crippen LogP contribution in [0.2, 0.25) is 5.02 Å². The first kappa shape index (κ1) is 21.4. The monoisotopic (exact) mass is 413 g/mol. The molecule has 1 unspecified atom stereocenters. The van der Waals surface area contributed by atoms with Crippen molar-refractivity contribution in [3.05, 3.63) is 58.9 Å². The van der Waals surface area contributed by atoms with Crippen LogP contribution in [-0.2, 0) is 4.79 Å². The lowest BCUT2D eigenvalue weighted by molar-refractivity contribution is -0.118. The summed E-state index contributed by atoms with van der Waals surface area (Å²) >= 11 is 5.99. The predicted octanol–water partition coefficient (Wildman–Crippen LogP) is 3.49. The number of benzene rings is 2. The van der Waals surface area contributed by atoms with Gasteiger partial charge in [0.2, 0.25) is 5.91 Å². The Bertz CT molecular complexity index is 791. The molecule has 1 aliphatic rings. The summed E-state index contributed by atoms with van der Waals surface area (Å²) in [6, 6.07) is 11.7. The highest BCUT2D eigenvalue weighted by Gasteiger charge is 2.27. The van der Waals surface area contributed by atoms with E-state index in [1.54, 1.807) is 7.11 Å². The third kappa shape index (κ3) is 5.32. The molecule has 0 spiro atoms. The maximum atomic E-state index is 13.1. The smallest absolute Gasteiger partial charge is 0.238 e. The molecule has 2 N–H and O–H groups in total. The van der Waals surface area contributed by atoms with Gasteiger partial charge < -0.3 is 15.4 Å². The maximum Gasteiger partial charge on any atom is 0.238 e. The van der Waals surface area contributed by atoms with E-state index in [-0.39, 0.29) is 35.9 Å². The first-order chi connectivity index (χ1) is 12.6. The Morgan fingerprint density at radius 2 is 2.15 bits per heavy atom. The van der Waals surface area contributed by atoms with Crippen LogP contribution in [0, 0.1) is 5.82 Å². The first-order valence-electron chi connectivity index (χ1n) is 8.41. The Balaban J connectivity index is 0.00000261. The number of rotatable bonds is 5. The van der Waals surface area contributed by atoms with Crippen LogP contribution in [0.3, 0.4) is 0 Å². The van der Waals surface area contributed by atoms with E-state index in [2.05, 4.69) is 15.5 Å². The minimum atomic E-state index is -0.439. The largest absolute Gasteiger partial charge is 0.496 e. The average Bonchev–Trinajstić information content (AvgIpc) is 2.64. The molecule has 0 aromatic heterocycles. The summed E-state index contributed by atoms with van der Waals surface area (Å²) in [5.74, 6) is 0.167. The van der Waals surface area contributed by atoms with Crippen molar-refractivity contribution in [3.63, 3.8) is 0 Å². The van der Waals surface area contributed by atoms with Crippen LogP contribution in [0.5, 0.6) is 5.75 Å². The van der Waals surface area contributed by atoms with E-state index in [0.717, 1.165) is 30.9 Å². The zero-order valence-electron chi connectivity index (χ0n) is 14.9. The number of amides is 1. The highest BCUT2D eigenvalue weighted by atomic mass is 35.5. The van der Waals surface area contributed by atoms with Gasteiger partial charge in [-0.15, -0.1) is 12.4 Å². The Hall–Kier alpha value is -1.86. The second-order valence-corrected chi connectivity index (χ2v) is 6.51. The quantitative estimate of drug-likeness (QED) is 0.787. The first-order valence-corrected chi connectivity index (χ1v) is 8.79. The summed E-state index contributed by atoms with van der Waals surface area (Å²) in [5.41, 5.74) is 1.44. The van der Waals surface area contributed by atoms with Gasteiger partial charge in [-0.05, 0) is 24.3 Å². The van der Waals surface area contributed by atoms with Gasteiger partial charge in [0.15, 0.2) is 0 Å². The number of carbonyl (C=O) groups excluding carboxylic acids is 1. The van der Waals surface area contributed by atoms with Gasteiger partial charge >= 0.3 is 0 Å².